The maximum atomic E-state index is 13.4. The van der Waals surface area contributed by atoms with Crippen LogP contribution in [0.2, 0.25) is 5.02 Å². The zero-order chi connectivity index (χ0) is 24.2. The number of amides is 2. The molecule has 0 aliphatic carbocycles. The van der Waals surface area contributed by atoms with E-state index in [0.717, 1.165) is 36.4 Å². The molecule has 0 fully saturated rings. The second-order valence-corrected chi connectivity index (χ2v) is 7.12. The highest BCUT2D eigenvalue weighted by molar-refractivity contribution is 6.33. The summed E-state index contributed by atoms with van der Waals surface area (Å²) in [6, 6.07) is 8.52. The first-order valence-electron chi connectivity index (χ1n) is 9.34. The Morgan fingerprint density at radius 3 is 2.39 bits per heavy atom. The Balaban J connectivity index is 1.89. The monoisotopic (exact) mass is 481 g/mol. The molecule has 0 aliphatic rings. The van der Waals surface area contributed by atoms with Crippen molar-refractivity contribution in [2.45, 2.75) is 12.6 Å². The maximum Gasteiger partial charge on any atom is 0.416 e. The molecule has 12 heteroatoms. The van der Waals surface area contributed by atoms with Crippen LogP contribution >= 0.6 is 11.6 Å². The number of hydrogen-bond donors (Lipinski definition) is 3. The predicted molar refractivity (Wildman–Crippen MR) is 113 cm³/mol. The minimum absolute atomic E-state index is 0.0214. The number of carbonyl (C=O) groups excluding carboxylic acids is 2. The second kappa shape index (κ2) is 9.82. The van der Waals surface area contributed by atoms with Crippen LogP contribution in [-0.2, 0) is 12.6 Å². The van der Waals surface area contributed by atoms with Gasteiger partial charge in [0.05, 0.1) is 16.3 Å². The fraction of sp³-hybridized carbons (Fsp3) is 0.143. The summed E-state index contributed by atoms with van der Waals surface area (Å²) >= 11 is 6.02. The van der Waals surface area contributed by atoms with Gasteiger partial charge in [-0.05, 0) is 48.5 Å². The molecular formula is C21H16ClF4N5O2. The van der Waals surface area contributed by atoms with Crippen LogP contribution < -0.4 is 10.6 Å². The maximum absolute atomic E-state index is 13.4. The van der Waals surface area contributed by atoms with E-state index in [1.54, 1.807) is 0 Å². The molecule has 2 aromatic carbocycles. The first-order valence-corrected chi connectivity index (χ1v) is 9.72. The third-order valence-electron chi connectivity index (χ3n) is 4.35. The van der Waals surface area contributed by atoms with Crippen LogP contribution in [0, 0.1) is 5.82 Å². The van der Waals surface area contributed by atoms with E-state index in [9.17, 15) is 27.2 Å². The molecule has 7 nitrogen and oxygen atoms in total. The highest BCUT2D eigenvalue weighted by Gasteiger charge is 2.30. The Morgan fingerprint density at radius 1 is 1.09 bits per heavy atom. The van der Waals surface area contributed by atoms with Crippen LogP contribution in [0.25, 0.3) is 0 Å². The number of carbonyl (C=O) groups is 2. The summed E-state index contributed by atoms with van der Waals surface area (Å²) in [5.74, 6) is -1.73. The zero-order valence-corrected chi connectivity index (χ0v) is 17.7. The molecule has 1 heterocycles. The summed E-state index contributed by atoms with van der Waals surface area (Å²) in [5.41, 5.74) is -0.298. The first-order chi connectivity index (χ1) is 15.6. The van der Waals surface area contributed by atoms with Crippen LogP contribution in [0.3, 0.4) is 0 Å². The third-order valence-corrected chi connectivity index (χ3v) is 4.65. The van der Waals surface area contributed by atoms with Crippen molar-refractivity contribution < 1.29 is 27.2 Å². The Kier molecular flexibility index (Phi) is 7.12. The molecule has 2 amide bonds. The van der Waals surface area contributed by atoms with Crippen LogP contribution in [0.4, 0.5) is 23.2 Å². The molecule has 0 saturated carbocycles. The number of H-pyrrole nitrogens is 1. The standard InChI is InChI=1S/C21H16ClF4N5O2/c1-27-20(33)17-9-14(30-31-17)10-18(28-16-7-6-13(23)8-15(16)22)29-19(32)11-2-4-12(5-3-11)21(24,25)26/h2-9H,10H2,1H3,(H,27,33)(H,30,31)(H,28,29,32). The molecule has 0 aliphatic heterocycles. The highest BCUT2D eigenvalue weighted by atomic mass is 35.5. The van der Waals surface area contributed by atoms with Gasteiger partial charge >= 0.3 is 6.18 Å². The van der Waals surface area contributed by atoms with Gasteiger partial charge in [0.1, 0.15) is 17.3 Å². The Morgan fingerprint density at radius 2 is 1.79 bits per heavy atom. The number of nitrogens with zero attached hydrogens (tertiary/aromatic N) is 2. The lowest BCUT2D eigenvalue weighted by Gasteiger charge is -2.11. The van der Waals surface area contributed by atoms with E-state index in [2.05, 4.69) is 25.8 Å². The van der Waals surface area contributed by atoms with E-state index in [1.807, 2.05) is 0 Å². The molecule has 0 spiro atoms. The van der Waals surface area contributed by atoms with Gasteiger partial charge in [-0.25, -0.2) is 9.38 Å². The van der Waals surface area contributed by atoms with Gasteiger partial charge in [0.2, 0.25) is 0 Å². The van der Waals surface area contributed by atoms with Gasteiger partial charge in [-0.3, -0.25) is 14.7 Å². The van der Waals surface area contributed by atoms with Gasteiger partial charge in [0, 0.05) is 24.7 Å². The number of halogens is 5. The highest BCUT2D eigenvalue weighted by Crippen LogP contribution is 2.29. The molecule has 0 radical (unpaired) electrons. The minimum Gasteiger partial charge on any atom is -0.354 e. The second-order valence-electron chi connectivity index (χ2n) is 6.72. The van der Waals surface area contributed by atoms with E-state index in [0.29, 0.717) is 5.69 Å². The summed E-state index contributed by atoms with van der Waals surface area (Å²) in [5, 5.41) is 11.4. The summed E-state index contributed by atoms with van der Waals surface area (Å²) in [6.45, 7) is 0. The molecular weight excluding hydrogens is 466 g/mol. The largest absolute Gasteiger partial charge is 0.416 e. The van der Waals surface area contributed by atoms with Crippen molar-refractivity contribution >= 4 is 34.9 Å². The van der Waals surface area contributed by atoms with E-state index in [-0.39, 0.29) is 34.2 Å². The van der Waals surface area contributed by atoms with Crippen molar-refractivity contribution in [2.24, 2.45) is 4.99 Å². The van der Waals surface area contributed by atoms with Crippen LogP contribution in [0.15, 0.2) is 53.5 Å². The van der Waals surface area contributed by atoms with Crippen LogP contribution in [0.5, 0.6) is 0 Å². The Labute approximate surface area is 189 Å². The molecule has 3 aromatic rings. The summed E-state index contributed by atoms with van der Waals surface area (Å²) in [6.07, 6.45) is -4.59. The molecule has 0 unspecified atom stereocenters. The van der Waals surface area contributed by atoms with Gasteiger partial charge in [0.15, 0.2) is 0 Å². The number of aromatic amines is 1. The number of rotatable bonds is 5. The summed E-state index contributed by atoms with van der Waals surface area (Å²) in [4.78, 5) is 28.6. The van der Waals surface area contributed by atoms with E-state index in [4.69, 9.17) is 11.6 Å². The lowest BCUT2D eigenvalue weighted by atomic mass is 10.1. The van der Waals surface area contributed by atoms with Gasteiger partial charge in [-0.15, -0.1) is 0 Å². The third kappa shape index (κ3) is 6.16. The van der Waals surface area contributed by atoms with Crippen molar-refractivity contribution in [3.63, 3.8) is 0 Å². The van der Waals surface area contributed by atoms with Crippen LogP contribution in [0.1, 0.15) is 32.1 Å². The van der Waals surface area contributed by atoms with Crippen molar-refractivity contribution in [3.05, 3.63) is 81.9 Å². The number of benzene rings is 2. The van der Waals surface area contributed by atoms with Gasteiger partial charge in [-0.1, -0.05) is 11.6 Å². The Hall–Kier alpha value is -3.73. The smallest absolute Gasteiger partial charge is 0.354 e. The van der Waals surface area contributed by atoms with E-state index >= 15 is 0 Å². The van der Waals surface area contributed by atoms with Crippen molar-refractivity contribution in [3.8, 4) is 0 Å². The molecule has 0 atom stereocenters. The normalized spacial score (nSPS) is 11.9. The van der Waals surface area contributed by atoms with E-state index in [1.165, 1.54) is 19.2 Å². The predicted octanol–water partition coefficient (Wildman–Crippen LogP) is 4.28. The molecule has 3 rings (SSSR count). The minimum atomic E-state index is -4.54. The number of nitrogens with one attached hydrogen (secondary N) is 3. The van der Waals surface area contributed by atoms with Crippen molar-refractivity contribution in [1.29, 1.82) is 0 Å². The van der Waals surface area contributed by atoms with Crippen LogP contribution in [-0.4, -0.2) is 34.9 Å². The zero-order valence-electron chi connectivity index (χ0n) is 16.9. The number of hydrogen-bond acceptors (Lipinski definition) is 4. The number of aliphatic imine (C=N–C) groups is 1. The SMILES string of the molecule is CNC(=O)c1cc(CC(=Nc2ccc(F)cc2Cl)NC(=O)c2ccc(C(F)(F)F)cc2)[nH]n1. The van der Waals surface area contributed by atoms with Crippen molar-refractivity contribution in [2.75, 3.05) is 7.05 Å². The van der Waals surface area contributed by atoms with Gasteiger partial charge < -0.3 is 10.6 Å². The lowest BCUT2D eigenvalue weighted by molar-refractivity contribution is -0.137. The first kappa shape index (κ1) is 23.9. The Bertz CT molecular complexity index is 1210. The molecule has 172 valence electrons. The quantitative estimate of drug-likeness (QED) is 0.288. The molecule has 33 heavy (non-hydrogen) atoms. The number of aromatic nitrogens is 2. The number of alkyl halides is 3. The van der Waals surface area contributed by atoms with E-state index < -0.39 is 29.4 Å². The van der Waals surface area contributed by atoms with Gasteiger partial charge in [0.25, 0.3) is 11.8 Å². The summed E-state index contributed by atoms with van der Waals surface area (Å²) in [7, 11) is 1.43. The molecule has 1 aromatic heterocycles. The summed E-state index contributed by atoms with van der Waals surface area (Å²) < 4.78 is 51.7. The van der Waals surface area contributed by atoms with Gasteiger partial charge in [-0.2, -0.15) is 18.3 Å². The lowest BCUT2D eigenvalue weighted by Crippen LogP contribution is -2.32. The average Bonchev–Trinajstić information content (AvgIpc) is 3.23. The average molecular weight is 482 g/mol. The molecule has 3 N–H and O–H groups in total. The fourth-order valence-electron chi connectivity index (χ4n) is 2.72. The molecule has 0 bridgehead atoms. The molecule has 0 saturated heterocycles. The van der Waals surface area contributed by atoms with Crippen molar-refractivity contribution in [1.82, 2.24) is 20.8 Å². The topological polar surface area (TPSA) is 99.2 Å². The fourth-order valence-corrected chi connectivity index (χ4v) is 2.93. The number of amidine groups is 1.